The highest BCUT2D eigenvalue weighted by molar-refractivity contribution is 6.15. The van der Waals surface area contributed by atoms with E-state index >= 15 is 0 Å². The van der Waals surface area contributed by atoms with Gasteiger partial charge in [-0.15, -0.1) is 0 Å². The van der Waals surface area contributed by atoms with Crippen LogP contribution in [0, 0.1) is 32.1 Å². The maximum Gasteiger partial charge on any atom is 0.0991 e. The van der Waals surface area contributed by atoms with Crippen LogP contribution in [0.2, 0.25) is 0 Å². The summed E-state index contributed by atoms with van der Waals surface area (Å²) in [6.45, 7) is 6.61. The number of aryl methyl sites for hydroxylation is 3. The number of nitrogens with zero attached hydrogens (tertiary/aromatic N) is 3. The minimum absolute atomic E-state index is 0.672. The number of nitrogens with one attached hydrogen (secondary N) is 1. The fourth-order valence-corrected chi connectivity index (χ4v) is 9.20. The second kappa shape index (κ2) is 12.1. The molecular weight excluding hydrogens is 681 g/mol. The third kappa shape index (κ3) is 4.71. The first-order valence-electron chi connectivity index (χ1n) is 19.2. The lowest BCUT2D eigenvalue weighted by Crippen LogP contribution is -1.98. The number of nitriles is 1. The highest BCUT2D eigenvalue weighted by Crippen LogP contribution is 2.40. The molecule has 3 heterocycles. The summed E-state index contributed by atoms with van der Waals surface area (Å²) in [5.41, 5.74) is 18.4. The summed E-state index contributed by atoms with van der Waals surface area (Å²) in [5, 5.41) is 16.8. The molecule has 0 aliphatic rings. The predicted octanol–water partition coefficient (Wildman–Crippen LogP) is 13.6. The molecule has 1 N–H and O–H groups in total. The molecule has 0 spiro atoms. The van der Waals surface area contributed by atoms with Crippen LogP contribution in [0.25, 0.3) is 99.0 Å². The van der Waals surface area contributed by atoms with Gasteiger partial charge in [-0.2, -0.15) is 5.26 Å². The molecule has 11 aromatic rings. The number of H-pyrrole nitrogens is 1. The standard InChI is InChI=1S/C52H36N4/c1-31-15-22-49-44(25-31)46-29-35(40-11-8-12-43-41-9-4-6-13-47(41)54-52(40)43)17-24-51(46)56(49)37-19-21-39(33(3)27-37)38-20-18-36(26-32(38)2)55-48-14-7-5-10-42(48)45-28-34(30-53)16-23-50(45)55/h4-29,54H,1-3H3. The monoisotopic (exact) mass is 716 g/mol. The first-order chi connectivity index (χ1) is 27.4. The van der Waals surface area contributed by atoms with Gasteiger partial charge >= 0.3 is 0 Å². The van der Waals surface area contributed by atoms with Gasteiger partial charge in [0.15, 0.2) is 0 Å². The first kappa shape index (κ1) is 32.1. The molecule has 8 aromatic carbocycles. The Hall–Kier alpha value is -7.35. The molecule has 0 unspecified atom stereocenters. The molecule has 0 aliphatic carbocycles. The summed E-state index contributed by atoms with van der Waals surface area (Å²) >= 11 is 0. The number of aromatic nitrogens is 3. The largest absolute Gasteiger partial charge is 0.354 e. The minimum Gasteiger partial charge on any atom is -0.354 e. The van der Waals surface area contributed by atoms with Crippen molar-refractivity contribution in [1.82, 2.24) is 14.1 Å². The quantitative estimate of drug-likeness (QED) is 0.194. The van der Waals surface area contributed by atoms with Crippen LogP contribution < -0.4 is 0 Å². The Balaban J connectivity index is 1.01. The minimum atomic E-state index is 0.672. The number of aromatic amines is 1. The van der Waals surface area contributed by atoms with Crippen LogP contribution >= 0.6 is 0 Å². The van der Waals surface area contributed by atoms with Gasteiger partial charge in [0.25, 0.3) is 0 Å². The Labute approximate surface area is 324 Å². The number of para-hydroxylation sites is 3. The molecule has 56 heavy (non-hydrogen) atoms. The highest BCUT2D eigenvalue weighted by Gasteiger charge is 2.18. The topological polar surface area (TPSA) is 49.4 Å². The van der Waals surface area contributed by atoms with Gasteiger partial charge in [-0.1, -0.05) is 84.4 Å². The van der Waals surface area contributed by atoms with E-state index in [0.29, 0.717) is 5.56 Å². The van der Waals surface area contributed by atoms with Gasteiger partial charge in [-0.25, -0.2) is 0 Å². The van der Waals surface area contributed by atoms with Crippen LogP contribution in [0.4, 0.5) is 0 Å². The van der Waals surface area contributed by atoms with Crippen LogP contribution in [0.5, 0.6) is 0 Å². The van der Waals surface area contributed by atoms with E-state index in [9.17, 15) is 5.26 Å². The maximum absolute atomic E-state index is 9.60. The van der Waals surface area contributed by atoms with E-state index in [1.165, 1.54) is 77.0 Å². The molecule has 4 nitrogen and oxygen atoms in total. The van der Waals surface area contributed by atoms with Crippen molar-refractivity contribution in [2.75, 3.05) is 0 Å². The lowest BCUT2D eigenvalue weighted by molar-refractivity contribution is 1.16. The molecule has 0 bridgehead atoms. The van der Waals surface area contributed by atoms with Gasteiger partial charge in [0, 0.05) is 54.8 Å². The summed E-state index contributed by atoms with van der Waals surface area (Å²) in [6.07, 6.45) is 0. The van der Waals surface area contributed by atoms with E-state index in [0.717, 1.165) is 38.7 Å². The average molecular weight is 717 g/mol. The van der Waals surface area contributed by atoms with E-state index < -0.39 is 0 Å². The third-order valence-corrected chi connectivity index (χ3v) is 11.8. The second-order valence-corrected chi connectivity index (χ2v) is 15.2. The van der Waals surface area contributed by atoms with Crippen LogP contribution in [0.1, 0.15) is 22.3 Å². The number of hydrogen-bond donors (Lipinski definition) is 1. The lowest BCUT2D eigenvalue weighted by Gasteiger charge is -2.16. The van der Waals surface area contributed by atoms with Crippen molar-refractivity contribution in [1.29, 1.82) is 5.26 Å². The summed E-state index contributed by atoms with van der Waals surface area (Å²) in [5.74, 6) is 0. The zero-order valence-corrected chi connectivity index (χ0v) is 31.4. The smallest absolute Gasteiger partial charge is 0.0991 e. The molecule has 0 atom stereocenters. The zero-order chi connectivity index (χ0) is 37.7. The van der Waals surface area contributed by atoms with E-state index in [1.807, 2.05) is 12.1 Å². The predicted molar refractivity (Wildman–Crippen MR) is 234 cm³/mol. The van der Waals surface area contributed by atoms with Crippen LogP contribution in [0.3, 0.4) is 0 Å². The maximum atomic E-state index is 9.60. The Kier molecular flexibility index (Phi) is 6.93. The molecule has 264 valence electrons. The van der Waals surface area contributed by atoms with E-state index in [-0.39, 0.29) is 0 Å². The van der Waals surface area contributed by atoms with Gasteiger partial charge in [-0.05, 0) is 127 Å². The van der Waals surface area contributed by atoms with Crippen molar-refractivity contribution in [2.45, 2.75) is 20.8 Å². The van der Waals surface area contributed by atoms with E-state index in [4.69, 9.17) is 0 Å². The van der Waals surface area contributed by atoms with E-state index in [2.05, 4.69) is 187 Å². The lowest BCUT2D eigenvalue weighted by atomic mass is 9.95. The van der Waals surface area contributed by atoms with Crippen LogP contribution in [-0.4, -0.2) is 14.1 Å². The second-order valence-electron chi connectivity index (χ2n) is 15.2. The third-order valence-electron chi connectivity index (χ3n) is 11.8. The molecule has 4 heteroatoms. The molecule has 3 aromatic heterocycles. The SMILES string of the molecule is Cc1ccc2c(c1)c1cc(-c3cccc4c3[nH]c3ccccc34)ccc1n2-c1ccc(-c2ccc(-n3c4ccccc4c4cc(C#N)ccc43)cc2C)c(C)c1. The first-order valence-corrected chi connectivity index (χ1v) is 19.2. The fraction of sp³-hybridized carbons (Fsp3) is 0.0577. The van der Waals surface area contributed by atoms with Crippen molar-refractivity contribution < 1.29 is 0 Å². The summed E-state index contributed by atoms with van der Waals surface area (Å²) < 4.78 is 4.73. The van der Waals surface area contributed by atoms with Gasteiger partial charge in [0.1, 0.15) is 0 Å². The molecule has 0 saturated carbocycles. The Morgan fingerprint density at radius 1 is 0.446 bits per heavy atom. The Bertz CT molecular complexity index is 3470. The average Bonchev–Trinajstić information content (AvgIpc) is 3.88. The van der Waals surface area contributed by atoms with Crippen LogP contribution in [-0.2, 0) is 0 Å². The van der Waals surface area contributed by atoms with Crippen molar-refractivity contribution >= 4 is 65.4 Å². The van der Waals surface area contributed by atoms with Gasteiger partial charge in [-0.3, -0.25) is 0 Å². The number of hydrogen-bond acceptors (Lipinski definition) is 1. The number of rotatable bonds is 4. The van der Waals surface area contributed by atoms with Crippen molar-refractivity contribution in [3.63, 3.8) is 0 Å². The Morgan fingerprint density at radius 3 is 1.75 bits per heavy atom. The highest BCUT2D eigenvalue weighted by atomic mass is 15.0. The van der Waals surface area contributed by atoms with Crippen molar-refractivity contribution in [3.8, 4) is 39.7 Å². The Morgan fingerprint density at radius 2 is 1.04 bits per heavy atom. The van der Waals surface area contributed by atoms with Crippen LogP contribution in [0.15, 0.2) is 158 Å². The fourth-order valence-electron chi connectivity index (χ4n) is 9.20. The zero-order valence-electron chi connectivity index (χ0n) is 31.4. The number of benzene rings is 8. The normalized spacial score (nSPS) is 11.8. The van der Waals surface area contributed by atoms with Crippen molar-refractivity contribution in [3.05, 3.63) is 180 Å². The molecule has 0 fully saturated rings. The molecule has 0 radical (unpaired) electrons. The molecule has 0 aliphatic heterocycles. The van der Waals surface area contributed by atoms with E-state index in [1.54, 1.807) is 0 Å². The molecule has 11 rings (SSSR count). The molecule has 0 amide bonds. The molecule has 0 saturated heterocycles. The summed E-state index contributed by atoms with van der Waals surface area (Å²) in [7, 11) is 0. The van der Waals surface area contributed by atoms with Crippen molar-refractivity contribution in [2.24, 2.45) is 0 Å². The molecular formula is C52H36N4. The summed E-state index contributed by atoms with van der Waals surface area (Å²) in [6, 6.07) is 59.3. The van der Waals surface area contributed by atoms with Gasteiger partial charge in [0.2, 0.25) is 0 Å². The summed E-state index contributed by atoms with van der Waals surface area (Å²) in [4.78, 5) is 3.71. The van der Waals surface area contributed by atoms with Gasteiger partial charge in [0.05, 0.1) is 39.2 Å². The number of fused-ring (bicyclic) bond motifs is 9. The van der Waals surface area contributed by atoms with Gasteiger partial charge < -0.3 is 14.1 Å².